The highest BCUT2D eigenvalue weighted by molar-refractivity contribution is 7.13. The summed E-state index contributed by atoms with van der Waals surface area (Å²) in [5.41, 5.74) is 0.723. The molecule has 0 unspecified atom stereocenters. The number of hydrogen-bond acceptors (Lipinski definition) is 8. The van der Waals surface area contributed by atoms with Gasteiger partial charge >= 0.3 is 0 Å². The predicted octanol–water partition coefficient (Wildman–Crippen LogP) is 4.10. The van der Waals surface area contributed by atoms with Crippen LogP contribution in [0, 0.1) is 5.92 Å². The number of aromatic nitrogens is 2. The largest absolute Gasteiger partial charge is 0.486 e. The first-order chi connectivity index (χ1) is 15.3. The monoisotopic (exact) mass is 439 g/mol. The quantitative estimate of drug-likeness (QED) is 0.513. The molecule has 1 aromatic carbocycles. The Morgan fingerprint density at radius 3 is 2.77 bits per heavy atom. The lowest BCUT2D eigenvalue weighted by Crippen LogP contribution is -2.37. The van der Waals surface area contributed by atoms with Crippen LogP contribution in [-0.2, 0) is 6.42 Å². The summed E-state index contributed by atoms with van der Waals surface area (Å²) in [6.45, 7) is 3.93. The van der Waals surface area contributed by atoms with Crippen molar-refractivity contribution in [3.8, 4) is 22.2 Å². The second-order valence-corrected chi connectivity index (χ2v) is 8.88. The molecular weight excluding hydrogens is 414 g/mol. The number of ketones is 1. The van der Waals surface area contributed by atoms with Gasteiger partial charge in [0.1, 0.15) is 13.2 Å². The van der Waals surface area contributed by atoms with Crippen LogP contribution in [0.25, 0.3) is 10.7 Å². The Morgan fingerprint density at radius 2 is 1.97 bits per heavy atom. The number of fused-ring (bicyclic) bond motifs is 1. The number of likely N-dealkylation sites (tertiary alicyclic amines) is 1. The molecular formula is C23H25N3O4S. The number of benzene rings is 1. The van der Waals surface area contributed by atoms with E-state index in [1.807, 2.05) is 35.7 Å². The predicted molar refractivity (Wildman–Crippen MR) is 117 cm³/mol. The van der Waals surface area contributed by atoms with Gasteiger partial charge in [0.2, 0.25) is 11.7 Å². The second kappa shape index (κ2) is 9.20. The molecule has 4 heterocycles. The maximum atomic E-state index is 12.9. The minimum absolute atomic E-state index is 0.0723. The molecule has 162 valence electrons. The normalized spacial score (nSPS) is 17.0. The number of thiophene rings is 1. The average Bonchev–Trinajstić information content (AvgIpc) is 3.51. The van der Waals surface area contributed by atoms with E-state index in [-0.39, 0.29) is 11.7 Å². The van der Waals surface area contributed by atoms with Crippen LogP contribution in [0.15, 0.2) is 40.2 Å². The smallest absolute Gasteiger partial charge is 0.227 e. The molecule has 8 heteroatoms. The summed E-state index contributed by atoms with van der Waals surface area (Å²) in [5.74, 6) is 3.04. The van der Waals surface area contributed by atoms with E-state index in [0.29, 0.717) is 30.7 Å². The highest BCUT2D eigenvalue weighted by Gasteiger charge is 2.27. The molecule has 0 aliphatic carbocycles. The lowest BCUT2D eigenvalue weighted by molar-refractivity contribution is 0.0838. The van der Waals surface area contributed by atoms with Crippen molar-refractivity contribution in [2.75, 3.05) is 32.8 Å². The standard InChI is InChI=1S/C23H25N3O4S/c27-22(17-5-6-18-19(15-17)29-13-12-28-18)16-7-10-26(11-8-16)9-1-4-21-24-23(25-30-21)20-3-2-14-31-20/h2-3,5-6,14-16H,1,4,7-13H2. The van der Waals surface area contributed by atoms with Gasteiger partial charge in [-0.15, -0.1) is 11.3 Å². The number of hydrogen-bond donors (Lipinski definition) is 0. The topological polar surface area (TPSA) is 77.7 Å². The van der Waals surface area contributed by atoms with E-state index < -0.39 is 0 Å². The summed E-state index contributed by atoms with van der Waals surface area (Å²) in [7, 11) is 0. The Morgan fingerprint density at radius 1 is 1.13 bits per heavy atom. The van der Waals surface area contributed by atoms with Gasteiger partial charge in [0.05, 0.1) is 4.88 Å². The van der Waals surface area contributed by atoms with Gasteiger partial charge in [0, 0.05) is 17.9 Å². The van der Waals surface area contributed by atoms with Crippen molar-refractivity contribution in [3.05, 3.63) is 47.2 Å². The summed E-state index contributed by atoms with van der Waals surface area (Å²) < 4.78 is 16.5. The third kappa shape index (κ3) is 4.65. The Labute approximate surface area is 185 Å². The van der Waals surface area contributed by atoms with E-state index in [2.05, 4.69) is 15.0 Å². The van der Waals surface area contributed by atoms with E-state index in [4.69, 9.17) is 14.0 Å². The highest BCUT2D eigenvalue weighted by Crippen LogP contribution is 2.32. The first-order valence-electron chi connectivity index (χ1n) is 10.8. The number of aryl methyl sites for hydroxylation is 1. The zero-order valence-corrected chi connectivity index (χ0v) is 18.1. The van der Waals surface area contributed by atoms with Crippen molar-refractivity contribution in [2.45, 2.75) is 25.7 Å². The molecule has 0 amide bonds. The number of carbonyl (C=O) groups is 1. The summed E-state index contributed by atoms with van der Waals surface area (Å²) >= 11 is 1.61. The van der Waals surface area contributed by atoms with Crippen molar-refractivity contribution in [1.29, 1.82) is 0 Å². The van der Waals surface area contributed by atoms with Crippen LogP contribution in [0.4, 0.5) is 0 Å². The highest BCUT2D eigenvalue weighted by atomic mass is 32.1. The molecule has 0 radical (unpaired) electrons. The maximum absolute atomic E-state index is 12.9. The lowest BCUT2D eigenvalue weighted by atomic mass is 9.88. The number of piperidine rings is 1. The second-order valence-electron chi connectivity index (χ2n) is 7.93. The third-order valence-electron chi connectivity index (χ3n) is 5.86. The minimum atomic E-state index is 0.0723. The number of Topliss-reactive ketones (excluding diaryl/α,β-unsaturated/α-hetero) is 1. The molecule has 7 nitrogen and oxygen atoms in total. The van der Waals surface area contributed by atoms with Crippen molar-refractivity contribution < 1.29 is 18.8 Å². The van der Waals surface area contributed by atoms with Crippen LogP contribution in [0.2, 0.25) is 0 Å². The van der Waals surface area contributed by atoms with Crippen molar-refractivity contribution >= 4 is 17.1 Å². The maximum Gasteiger partial charge on any atom is 0.227 e. The number of ether oxygens (including phenoxy) is 2. The fraction of sp³-hybridized carbons (Fsp3) is 0.435. The van der Waals surface area contributed by atoms with Gasteiger partial charge < -0.3 is 18.9 Å². The minimum Gasteiger partial charge on any atom is -0.486 e. The summed E-state index contributed by atoms with van der Waals surface area (Å²) in [5, 5.41) is 6.07. The Kier molecular flexibility index (Phi) is 5.99. The van der Waals surface area contributed by atoms with Gasteiger partial charge in [-0.2, -0.15) is 4.98 Å². The molecule has 0 saturated carbocycles. The fourth-order valence-corrected chi connectivity index (χ4v) is 4.82. The molecule has 0 N–H and O–H groups in total. The zero-order valence-electron chi connectivity index (χ0n) is 17.3. The van der Waals surface area contributed by atoms with E-state index in [1.54, 1.807) is 11.3 Å². The molecule has 5 rings (SSSR count). The average molecular weight is 440 g/mol. The Hall–Kier alpha value is -2.71. The summed E-state index contributed by atoms with van der Waals surface area (Å²) in [6.07, 6.45) is 3.51. The molecule has 0 atom stereocenters. The van der Waals surface area contributed by atoms with Gasteiger partial charge in [-0.25, -0.2) is 0 Å². The third-order valence-corrected chi connectivity index (χ3v) is 6.73. The molecule has 2 aromatic heterocycles. The van der Waals surface area contributed by atoms with Gasteiger partial charge in [-0.1, -0.05) is 11.2 Å². The number of carbonyl (C=O) groups excluding carboxylic acids is 1. The Balaban J connectivity index is 1.08. The van der Waals surface area contributed by atoms with Crippen molar-refractivity contribution in [3.63, 3.8) is 0 Å². The van der Waals surface area contributed by atoms with Crippen LogP contribution in [-0.4, -0.2) is 53.7 Å². The Bertz CT molecular complexity index is 1030. The van der Waals surface area contributed by atoms with Crippen molar-refractivity contribution in [1.82, 2.24) is 15.0 Å². The summed E-state index contributed by atoms with van der Waals surface area (Å²) in [4.78, 5) is 20.9. The first kappa shape index (κ1) is 20.2. The SMILES string of the molecule is O=C(c1ccc2c(c1)OCCO2)C1CCN(CCCc2nc(-c3cccs3)no2)CC1. The summed E-state index contributed by atoms with van der Waals surface area (Å²) in [6, 6.07) is 9.52. The van der Waals surface area contributed by atoms with Crippen molar-refractivity contribution in [2.24, 2.45) is 5.92 Å². The van der Waals surface area contributed by atoms with E-state index in [1.165, 1.54) is 0 Å². The first-order valence-corrected chi connectivity index (χ1v) is 11.7. The van der Waals surface area contributed by atoms with E-state index in [9.17, 15) is 4.79 Å². The molecule has 1 fully saturated rings. The van der Waals surface area contributed by atoms with Crippen LogP contribution >= 0.6 is 11.3 Å². The van der Waals surface area contributed by atoms with Crippen LogP contribution < -0.4 is 9.47 Å². The number of rotatable bonds is 7. The zero-order chi connectivity index (χ0) is 21.0. The molecule has 0 bridgehead atoms. The van der Waals surface area contributed by atoms with E-state index >= 15 is 0 Å². The van der Waals surface area contributed by atoms with Gasteiger partial charge in [0.25, 0.3) is 0 Å². The molecule has 2 aliphatic rings. The van der Waals surface area contributed by atoms with Crippen LogP contribution in [0.1, 0.15) is 35.5 Å². The van der Waals surface area contributed by atoms with Gasteiger partial charge in [-0.05, 0) is 68.5 Å². The molecule has 3 aromatic rings. The number of nitrogens with zero attached hydrogens (tertiary/aromatic N) is 3. The van der Waals surface area contributed by atoms with Crippen LogP contribution in [0.3, 0.4) is 0 Å². The fourth-order valence-electron chi connectivity index (χ4n) is 4.17. The molecule has 2 aliphatic heterocycles. The molecule has 0 spiro atoms. The van der Waals surface area contributed by atoms with Gasteiger partial charge in [0.15, 0.2) is 17.3 Å². The van der Waals surface area contributed by atoms with E-state index in [0.717, 1.165) is 61.5 Å². The molecule has 1 saturated heterocycles. The molecule has 31 heavy (non-hydrogen) atoms. The van der Waals surface area contributed by atoms with Gasteiger partial charge in [-0.3, -0.25) is 4.79 Å². The lowest BCUT2D eigenvalue weighted by Gasteiger charge is -2.31. The van der Waals surface area contributed by atoms with Crippen LogP contribution in [0.5, 0.6) is 11.5 Å².